The number of hydrogen-bond acceptors (Lipinski definition) is 5. The Hall–Kier alpha value is -1.48. The van der Waals surface area contributed by atoms with Gasteiger partial charge >= 0.3 is 5.97 Å². The lowest BCUT2D eigenvalue weighted by molar-refractivity contribution is 0.0690. The van der Waals surface area contributed by atoms with Crippen LogP contribution in [-0.4, -0.2) is 24.5 Å². The van der Waals surface area contributed by atoms with E-state index in [4.69, 9.17) is 16.7 Å². The van der Waals surface area contributed by atoms with Crippen molar-refractivity contribution in [2.75, 3.05) is 0 Å². The molecule has 2 rings (SSSR count). The zero-order chi connectivity index (χ0) is 14.8. The first-order chi connectivity index (χ1) is 9.38. The fraction of sp³-hybridized carbons (Fsp3) is 0.0909. The van der Waals surface area contributed by atoms with Crippen LogP contribution in [0.3, 0.4) is 0 Å². The van der Waals surface area contributed by atoms with Gasteiger partial charge in [0.1, 0.15) is 9.90 Å². The second-order valence-corrected chi connectivity index (χ2v) is 7.45. The van der Waals surface area contributed by atoms with Crippen molar-refractivity contribution < 1.29 is 18.3 Å². The molecule has 0 aliphatic heterocycles. The van der Waals surface area contributed by atoms with E-state index < -0.39 is 16.0 Å². The summed E-state index contributed by atoms with van der Waals surface area (Å²) < 4.78 is 26.7. The monoisotopic (exact) mass is 332 g/mol. The Kier molecular flexibility index (Phi) is 4.39. The van der Waals surface area contributed by atoms with Crippen molar-refractivity contribution in [3.8, 4) is 0 Å². The number of aromatic carboxylic acids is 1. The summed E-state index contributed by atoms with van der Waals surface area (Å²) in [4.78, 5) is 14.3. The number of sulfonamides is 1. The summed E-state index contributed by atoms with van der Waals surface area (Å²) in [5.41, 5.74) is 0.461. The smallest absolute Gasteiger partial charge is 0.354 e. The van der Waals surface area contributed by atoms with Gasteiger partial charge in [-0.25, -0.2) is 22.9 Å². The van der Waals surface area contributed by atoms with Crippen molar-refractivity contribution in [3.63, 3.8) is 0 Å². The molecule has 2 aromatic heterocycles. The third kappa shape index (κ3) is 3.54. The van der Waals surface area contributed by atoms with Gasteiger partial charge in [0.05, 0.1) is 4.34 Å². The summed E-state index contributed by atoms with van der Waals surface area (Å²) in [6, 6.07) is 5.74. The van der Waals surface area contributed by atoms with E-state index in [2.05, 4.69) is 9.71 Å². The van der Waals surface area contributed by atoms with Crippen LogP contribution in [0.25, 0.3) is 0 Å². The molecule has 2 N–H and O–H groups in total. The molecule has 0 spiro atoms. The fourth-order valence-electron chi connectivity index (χ4n) is 1.35. The van der Waals surface area contributed by atoms with E-state index in [0.29, 0.717) is 9.90 Å². The number of carbonyl (C=O) groups is 1. The Morgan fingerprint density at radius 3 is 2.60 bits per heavy atom. The van der Waals surface area contributed by atoms with E-state index in [1.54, 1.807) is 0 Å². The van der Waals surface area contributed by atoms with Crippen LogP contribution in [-0.2, 0) is 16.6 Å². The molecular weight excluding hydrogens is 324 g/mol. The Morgan fingerprint density at radius 1 is 1.35 bits per heavy atom. The van der Waals surface area contributed by atoms with E-state index in [9.17, 15) is 13.2 Å². The van der Waals surface area contributed by atoms with E-state index in [0.717, 1.165) is 11.3 Å². The number of carboxylic acid groups (broad SMARTS) is 1. The van der Waals surface area contributed by atoms with Crippen molar-refractivity contribution in [1.82, 2.24) is 9.71 Å². The molecule has 0 aromatic carbocycles. The van der Waals surface area contributed by atoms with Gasteiger partial charge in [-0.2, -0.15) is 0 Å². The van der Waals surface area contributed by atoms with Gasteiger partial charge in [0.25, 0.3) is 0 Å². The fourth-order valence-corrected chi connectivity index (χ4v) is 3.89. The van der Waals surface area contributed by atoms with Crippen molar-refractivity contribution in [1.29, 1.82) is 0 Å². The van der Waals surface area contributed by atoms with Crippen LogP contribution in [0.4, 0.5) is 0 Å². The highest BCUT2D eigenvalue weighted by Gasteiger charge is 2.16. The molecule has 0 atom stereocenters. The Morgan fingerprint density at radius 2 is 2.10 bits per heavy atom. The summed E-state index contributed by atoms with van der Waals surface area (Å²) in [6.45, 7) is 0.0186. The number of hydrogen-bond donors (Lipinski definition) is 2. The Balaban J connectivity index is 2.06. The molecule has 6 nitrogen and oxygen atoms in total. The van der Waals surface area contributed by atoms with Crippen molar-refractivity contribution in [2.45, 2.75) is 10.8 Å². The van der Waals surface area contributed by atoms with Crippen LogP contribution in [0.2, 0.25) is 4.34 Å². The molecule has 9 heteroatoms. The van der Waals surface area contributed by atoms with Crippen LogP contribution >= 0.6 is 22.9 Å². The number of pyridine rings is 1. The first kappa shape index (κ1) is 14.9. The highest BCUT2D eigenvalue weighted by molar-refractivity contribution is 7.91. The number of rotatable bonds is 5. The van der Waals surface area contributed by atoms with Gasteiger partial charge in [0, 0.05) is 12.7 Å². The molecule has 0 fully saturated rings. The van der Waals surface area contributed by atoms with Crippen LogP contribution < -0.4 is 4.72 Å². The molecule has 0 unspecified atom stereocenters. The third-order valence-corrected chi connectivity index (χ3v) is 5.45. The van der Waals surface area contributed by atoms with Gasteiger partial charge in [0.15, 0.2) is 0 Å². The van der Waals surface area contributed by atoms with Crippen LogP contribution in [0.15, 0.2) is 34.7 Å². The highest BCUT2D eigenvalue weighted by atomic mass is 35.5. The minimum Gasteiger partial charge on any atom is -0.477 e. The molecule has 106 valence electrons. The zero-order valence-corrected chi connectivity index (χ0v) is 12.3. The summed E-state index contributed by atoms with van der Waals surface area (Å²) >= 11 is 6.65. The summed E-state index contributed by atoms with van der Waals surface area (Å²) in [5, 5.41) is 8.70. The normalized spacial score (nSPS) is 11.4. The quantitative estimate of drug-likeness (QED) is 0.872. The highest BCUT2D eigenvalue weighted by Crippen LogP contribution is 2.25. The third-order valence-electron chi connectivity index (χ3n) is 2.32. The number of nitrogens with one attached hydrogen (secondary N) is 1. The minimum absolute atomic E-state index is 0.0186. The average molecular weight is 333 g/mol. The zero-order valence-electron chi connectivity index (χ0n) is 9.91. The topological polar surface area (TPSA) is 96.4 Å². The molecule has 0 saturated heterocycles. The standard InChI is InChI=1S/C11H9ClN2O4S2/c12-9-3-4-10(19-9)20(17,18)14-6-7-1-2-8(11(15)16)13-5-7/h1-5,14H,6H2,(H,15,16). The molecular formula is C11H9ClN2O4S2. The van der Waals surface area contributed by atoms with Gasteiger partial charge in [-0.15, -0.1) is 11.3 Å². The number of thiophene rings is 1. The average Bonchev–Trinajstić information content (AvgIpc) is 2.84. The predicted octanol–water partition coefficient (Wildman–Crippen LogP) is 1.97. The van der Waals surface area contributed by atoms with Crippen molar-refractivity contribution in [3.05, 3.63) is 46.1 Å². The van der Waals surface area contributed by atoms with Gasteiger partial charge < -0.3 is 5.11 Å². The maximum absolute atomic E-state index is 11.9. The Labute approximate surface area is 124 Å². The van der Waals surface area contributed by atoms with Crippen LogP contribution in [0.1, 0.15) is 16.1 Å². The van der Waals surface area contributed by atoms with Gasteiger partial charge in [-0.1, -0.05) is 17.7 Å². The number of aromatic nitrogens is 1. The van der Waals surface area contributed by atoms with Crippen LogP contribution in [0, 0.1) is 0 Å². The Bertz CT molecular complexity index is 725. The molecule has 0 amide bonds. The molecule has 0 aliphatic rings. The molecule has 0 saturated carbocycles. The lowest BCUT2D eigenvalue weighted by Gasteiger charge is -2.04. The molecule has 2 heterocycles. The number of carboxylic acids is 1. The summed E-state index contributed by atoms with van der Waals surface area (Å²) in [7, 11) is -3.62. The van der Waals surface area contributed by atoms with E-state index >= 15 is 0 Å². The van der Waals surface area contributed by atoms with Crippen molar-refractivity contribution in [2.24, 2.45) is 0 Å². The van der Waals surface area contributed by atoms with Gasteiger partial charge in [-0.3, -0.25) is 0 Å². The lowest BCUT2D eigenvalue weighted by Crippen LogP contribution is -2.22. The predicted molar refractivity (Wildman–Crippen MR) is 74.6 cm³/mol. The SMILES string of the molecule is O=C(O)c1ccc(CNS(=O)(=O)c2ccc(Cl)s2)cn1. The first-order valence-corrected chi connectivity index (χ1v) is 7.99. The van der Waals surface area contributed by atoms with E-state index in [1.807, 2.05) is 0 Å². The van der Waals surface area contributed by atoms with Crippen LogP contribution in [0.5, 0.6) is 0 Å². The molecule has 0 radical (unpaired) electrons. The van der Waals surface area contributed by atoms with Crippen molar-refractivity contribution >= 4 is 38.9 Å². The van der Waals surface area contributed by atoms with Gasteiger partial charge in [0.2, 0.25) is 10.0 Å². The minimum atomic E-state index is -3.62. The number of nitrogens with zero attached hydrogens (tertiary/aromatic N) is 1. The maximum Gasteiger partial charge on any atom is 0.354 e. The maximum atomic E-state index is 11.9. The summed E-state index contributed by atoms with van der Waals surface area (Å²) in [5.74, 6) is -1.13. The molecule has 2 aromatic rings. The molecule has 0 aliphatic carbocycles. The molecule has 0 bridgehead atoms. The summed E-state index contributed by atoms with van der Waals surface area (Å²) in [6.07, 6.45) is 1.31. The number of halogens is 1. The van der Waals surface area contributed by atoms with E-state index in [1.165, 1.54) is 30.5 Å². The lowest BCUT2D eigenvalue weighted by atomic mass is 10.2. The molecule has 20 heavy (non-hydrogen) atoms. The first-order valence-electron chi connectivity index (χ1n) is 5.32. The van der Waals surface area contributed by atoms with E-state index in [-0.39, 0.29) is 16.4 Å². The second-order valence-electron chi connectivity index (χ2n) is 3.74. The largest absolute Gasteiger partial charge is 0.477 e. The van der Waals surface area contributed by atoms with Gasteiger partial charge in [-0.05, 0) is 23.8 Å². The second kappa shape index (κ2) is 5.88.